The Balaban J connectivity index is 1.87. The number of ether oxygens (including phenoxy) is 2. The second-order valence-electron chi connectivity index (χ2n) is 4.80. The molecule has 0 aromatic heterocycles. The van der Waals surface area contributed by atoms with E-state index in [1.165, 1.54) is 0 Å². The minimum Gasteiger partial charge on any atom is -0.484 e. The van der Waals surface area contributed by atoms with E-state index in [9.17, 15) is 4.79 Å². The Labute approximate surface area is 121 Å². The molecule has 0 saturated carbocycles. The first-order chi connectivity index (χ1) is 9.04. The molecule has 0 unspecified atom stereocenters. The van der Waals surface area contributed by atoms with Crippen molar-refractivity contribution < 1.29 is 14.3 Å². The standard InChI is InChI=1S/C14H18BrNO3/c1-10-7-16(8-11(2)19-10)14(17)9-18-13-5-3-4-12(15)6-13/h3-6,10-11H,7-9H2,1-2H3/t10-,11-/m1/s1. The zero-order valence-electron chi connectivity index (χ0n) is 11.1. The molecule has 0 spiro atoms. The molecule has 0 aliphatic carbocycles. The molecule has 1 amide bonds. The fraction of sp³-hybridized carbons (Fsp3) is 0.500. The second kappa shape index (κ2) is 6.39. The number of nitrogens with zero attached hydrogens (tertiary/aromatic N) is 1. The maximum absolute atomic E-state index is 12.1. The second-order valence-corrected chi connectivity index (χ2v) is 5.72. The van der Waals surface area contributed by atoms with Crippen molar-refractivity contribution in [2.24, 2.45) is 0 Å². The third kappa shape index (κ3) is 4.21. The molecule has 4 nitrogen and oxygen atoms in total. The van der Waals surface area contributed by atoms with Gasteiger partial charge in [-0.2, -0.15) is 0 Å². The van der Waals surface area contributed by atoms with Gasteiger partial charge in [0, 0.05) is 17.6 Å². The lowest BCUT2D eigenvalue weighted by molar-refractivity contribution is -0.145. The molecule has 1 saturated heterocycles. The molecule has 1 aromatic carbocycles. The minimum atomic E-state index is 0.00183. The molecule has 0 N–H and O–H groups in total. The molecule has 1 aliphatic rings. The van der Waals surface area contributed by atoms with Gasteiger partial charge in [-0.05, 0) is 32.0 Å². The number of hydrogen-bond donors (Lipinski definition) is 0. The van der Waals surface area contributed by atoms with Crippen LogP contribution in [0, 0.1) is 0 Å². The van der Waals surface area contributed by atoms with Crippen LogP contribution in [0.1, 0.15) is 13.8 Å². The van der Waals surface area contributed by atoms with Gasteiger partial charge in [-0.25, -0.2) is 0 Å². The van der Waals surface area contributed by atoms with Crippen molar-refractivity contribution in [2.45, 2.75) is 26.1 Å². The first kappa shape index (κ1) is 14.3. The molecule has 1 fully saturated rings. The molecule has 1 heterocycles. The van der Waals surface area contributed by atoms with E-state index in [4.69, 9.17) is 9.47 Å². The number of halogens is 1. The van der Waals surface area contributed by atoms with Crippen molar-refractivity contribution in [1.29, 1.82) is 0 Å². The van der Waals surface area contributed by atoms with Crippen LogP contribution in [0.3, 0.4) is 0 Å². The predicted molar refractivity (Wildman–Crippen MR) is 76.2 cm³/mol. The van der Waals surface area contributed by atoms with E-state index in [1.807, 2.05) is 38.1 Å². The van der Waals surface area contributed by atoms with Crippen LogP contribution in [-0.2, 0) is 9.53 Å². The number of carbonyl (C=O) groups is 1. The molecular weight excluding hydrogens is 310 g/mol. The Morgan fingerprint density at radius 3 is 2.74 bits per heavy atom. The highest BCUT2D eigenvalue weighted by Crippen LogP contribution is 2.18. The van der Waals surface area contributed by atoms with Gasteiger partial charge in [0.05, 0.1) is 12.2 Å². The predicted octanol–water partition coefficient (Wildman–Crippen LogP) is 2.46. The van der Waals surface area contributed by atoms with Crippen molar-refractivity contribution >= 4 is 21.8 Å². The highest BCUT2D eigenvalue weighted by Gasteiger charge is 2.25. The fourth-order valence-electron chi connectivity index (χ4n) is 2.17. The summed E-state index contributed by atoms with van der Waals surface area (Å²) in [5.74, 6) is 0.694. The average molecular weight is 328 g/mol. The van der Waals surface area contributed by atoms with Gasteiger partial charge in [0.15, 0.2) is 6.61 Å². The minimum absolute atomic E-state index is 0.00183. The molecule has 104 valence electrons. The fourth-order valence-corrected chi connectivity index (χ4v) is 2.55. The summed E-state index contributed by atoms with van der Waals surface area (Å²) < 4.78 is 12.1. The van der Waals surface area contributed by atoms with Crippen molar-refractivity contribution in [3.8, 4) is 5.75 Å². The van der Waals surface area contributed by atoms with Gasteiger partial charge in [0.1, 0.15) is 5.75 Å². The Hall–Kier alpha value is -1.07. The average Bonchev–Trinajstić information content (AvgIpc) is 2.35. The Bertz CT molecular complexity index is 442. The molecule has 2 atom stereocenters. The summed E-state index contributed by atoms with van der Waals surface area (Å²) in [6.45, 7) is 5.28. The Morgan fingerprint density at radius 1 is 1.42 bits per heavy atom. The monoisotopic (exact) mass is 327 g/mol. The summed E-state index contributed by atoms with van der Waals surface area (Å²) >= 11 is 3.37. The normalized spacial score (nSPS) is 23.2. The summed E-state index contributed by atoms with van der Waals surface area (Å²) in [5, 5.41) is 0. The van der Waals surface area contributed by atoms with E-state index in [0.29, 0.717) is 18.8 Å². The van der Waals surface area contributed by atoms with E-state index in [1.54, 1.807) is 4.90 Å². The third-order valence-corrected chi connectivity index (χ3v) is 3.42. The van der Waals surface area contributed by atoms with E-state index in [-0.39, 0.29) is 24.7 Å². The summed E-state index contributed by atoms with van der Waals surface area (Å²) in [4.78, 5) is 13.9. The summed E-state index contributed by atoms with van der Waals surface area (Å²) in [6.07, 6.45) is 0.164. The molecule has 0 radical (unpaired) electrons. The SMILES string of the molecule is C[C@@H]1CN(C(=O)COc2cccc(Br)c2)C[C@@H](C)O1. The van der Waals surface area contributed by atoms with Gasteiger partial charge in [-0.1, -0.05) is 22.0 Å². The number of carbonyl (C=O) groups excluding carboxylic acids is 1. The molecule has 5 heteroatoms. The van der Waals surface area contributed by atoms with Gasteiger partial charge < -0.3 is 14.4 Å². The van der Waals surface area contributed by atoms with Gasteiger partial charge >= 0.3 is 0 Å². The zero-order chi connectivity index (χ0) is 13.8. The van der Waals surface area contributed by atoms with Crippen LogP contribution in [0.2, 0.25) is 0 Å². The van der Waals surface area contributed by atoms with Crippen LogP contribution in [0.5, 0.6) is 5.75 Å². The van der Waals surface area contributed by atoms with E-state index >= 15 is 0 Å². The Kier molecular flexibility index (Phi) is 4.82. The highest BCUT2D eigenvalue weighted by atomic mass is 79.9. The van der Waals surface area contributed by atoms with Gasteiger partial charge in [0.2, 0.25) is 0 Å². The number of benzene rings is 1. The summed E-state index contributed by atoms with van der Waals surface area (Å²) in [5.41, 5.74) is 0. The maximum Gasteiger partial charge on any atom is 0.260 e. The molecular formula is C14H18BrNO3. The molecule has 0 bridgehead atoms. The number of hydrogen-bond acceptors (Lipinski definition) is 3. The number of rotatable bonds is 3. The van der Waals surface area contributed by atoms with Crippen molar-refractivity contribution in [1.82, 2.24) is 4.90 Å². The lowest BCUT2D eigenvalue weighted by Crippen LogP contribution is -2.49. The van der Waals surface area contributed by atoms with Crippen LogP contribution in [0.25, 0.3) is 0 Å². The van der Waals surface area contributed by atoms with E-state index in [2.05, 4.69) is 15.9 Å². The van der Waals surface area contributed by atoms with Gasteiger partial charge in [0.25, 0.3) is 5.91 Å². The third-order valence-electron chi connectivity index (χ3n) is 2.93. The van der Waals surface area contributed by atoms with Gasteiger partial charge in [-0.15, -0.1) is 0 Å². The summed E-state index contributed by atoms with van der Waals surface area (Å²) in [7, 11) is 0. The smallest absolute Gasteiger partial charge is 0.260 e. The first-order valence-electron chi connectivity index (χ1n) is 6.36. The maximum atomic E-state index is 12.1. The zero-order valence-corrected chi connectivity index (χ0v) is 12.7. The van der Waals surface area contributed by atoms with Crippen molar-refractivity contribution in [3.05, 3.63) is 28.7 Å². The van der Waals surface area contributed by atoms with Crippen molar-refractivity contribution in [3.63, 3.8) is 0 Å². The van der Waals surface area contributed by atoms with E-state index in [0.717, 1.165) is 4.47 Å². The quantitative estimate of drug-likeness (QED) is 0.856. The topological polar surface area (TPSA) is 38.8 Å². The number of morpholine rings is 1. The molecule has 1 aliphatic heterocycles. The molecule has 19 heavy (non-hydrogen) atoms. The van der Waals surface area contributed by atoms with Crippen LogP contribution >= 0.6 is 15.9 Å². The van der Waals surface area contributed by atoms with Crippen LogP contribution < -0.4 is 4.74 Å². The largest absolute Gasteiger partial charge is 0.484 e. The van der Waals surface area contributed by atoms with Crippen molar-refractivity contribution in [2.75, 3.05) is 19.7 Å². The highest BCUT2D eigenvalue weighted by molar-refractivity contribution is 9.10. The number of amides is 1. The summed E-state index contributed by atoms with van der Waals surface area (Å²) in [6, 6.07) is 7.48. The van der Waals surface area contributed by atoms with Crippen LogP contribution in [0.4, 0.5) is 0 Å². The van der Waals surface area contributed by atoms with E-state index < -0.39 is 0 Å². The Morgan fingerprint density at radius 2 is 2.11 bits per heavy atom. The lowest BCUT2D eigenvalue weighted by atomic mass is 10.2. The molecule has 1 aromatic rings. The van der Waals surface area contributed by atoms with Gasteiger partial charge in [-0.3, -0.25) is 4.79 Å². The molecule has 2 rings (SSSR count). The van der Waals surface area contributed by atoms with Crippen LogP contribution in [0.15, 0.2) is 28.7 Å². The lowest BCUT2D eigenvalue weighted by Gasteiger charge is -2.35. The first-order valence-corrected chi connectivity index (χ1v) is 7.15. The van der Waals surface area contributed by atoms with Crippen LogP contribution in [-0.4, -0.2) is 42.7 Å².